The first-order valence-corrected chi connectivity index (χ1v) is 8.29. The Hall–Kier alpha value is -3.08. The summed E-state index contributed by atoms with van der Waals surface area (Å²) in [6.45, 7) is 5.91. The van der Waals surface area contributed by atoms with Crippen LogP contribution >= 0.6 is 0 Å². The van der Waals surface area contributed by atoms with Crippen LogP contribution in [0, 0.1) is 13.8 Å². The molecule has 126 valence electrons. The minimum Gasteiger partial charge on any atom is -0.362 e. The van der Waals surface area contributed by atoms with Gasteiger partial charge in [0.25, 0.3) is 5.56 Å². The maximum absolute atomic E-state index is 12.6. The highest BCUT2D eigenvalue weighted by Crippen LogP contribution is 2.27. The number of hydrogen-bond donors (Lipinski definition) is 2. The molecular formula is C20H19N3O2. The van der Waals surface area contributed by atoms with E-state index in [2.05, 4.69) is 9.97 Å². The van der Waals surface area contributed by atoms with E-state index in [0.717, 1.165) is 27.6 Å². The van der Waals surface area contributed by atoms with Crippen LogP contribution in [0.3, 0.4) is 0 Å². The zero-order chi connectivity index (χ0) is 17.7. The average molecular weight is 333 g/mol. The smallest absolute Gasteiger partial charge is 0.329 e. The molecule has 2 N–H and O–H groups in total. The molecule has 0 aliphatic carbocycles. The molecule has 4 aromatic rings. The molecule has 0 aliphatic heterocycles. The van der Waals surface area contributed by atoms with Crippen LogP contribution in [0.4, 0.5) is 0 Å². The van der Waals surface area contributed by atoms with Crippen LogP contribution in [-0.2, 0) is 0 Å². The molecule has 1 atom stereocenters. The van der Waals surface area contributed by atoms with E-state index in [1.165, 1.54) is 0 Å². The van der Waals surface area contributed by atoms with E-state index in [9.17, 15) is 9.59 Å². The molecule has 0 aliphatic rings. The van der Waals surface area contributed by atoms with E-state index in [0.29, 0.717) is 10.9 Å². The lowest BCUT2D eigenvalue weighted by Gasteiger charge is -2.18. The van der Waals surface area contributed by atoms with Crippen LogP contribution in [0.25, 0.3) is 21.7 Å². The largest absolute Gasteiger partial charge is 0.362 e. The predicted octanol–water partition coefficient (Wildman–Crippen LogP) is 3.40. The van der Waals surface area contributed by atoms with Crippen molar-refractivity contribution in [3.8, 4) is 0 Å². The second-order valence-electron chi connectivity index (χ2n) is 6.55. The summed E-state index contributed by atoms with van der Waals surface area (Å²) in [5, 5.41) is 2.70. The monoisotopic (exact) mass is 333 g/mol. The zero-order valence-corrected chi connectivity index (χ0v) is 14.4. The summed E-state index contributed by atoms with van der Waals surface area (Å²) >= 11 is 0. The van der Waals surface area contributed by atoms with Crippen molar-refractivity contribution in [3.05, 3.63) is 80.3 Å². The number of fused-ring (bicyclic) bond motifs is 2. The lowest BCUT2D eigenvalue weighted by Crippen LogP contribution is -2.32. The van der Waals surface area contributed by atoms with Gasteiger partial charge >= 0.3 is 5.69 Å². The number of benzene rings is 2. The molecule has 5 nitrogen and oxygen atoms in total. The summed E-state index contributed by atoms with van der Waals surface area (Å²) in [5.41, 5.74) is 2.94. The molecular weight excluding hydrogens is 314 g/mol. The fourth-order valence-electron chi connectivity index (χ4n) is 3.48. The quantitative estimate of drug-likeness (QED) is 0.590. The molecule has 0 amide bonds. The number of aryl methyl sites for hydroxylation is 2. The Morgan fingerprint density at radius 3 is 2.52 bits per heavy atom. The molecule has 0 fully saturated rings. The molecule has 1 unspecified atom stereocenters. The third-order valence-electron chi connectivity index (χ3n) is 4.99. The van der Waals surface area contributed by atoms with Crippen molar-refractivity contribution in [2.24, 2.45) is 0 Å². The first-order chi connectivity index (χ1) is 12.0. The molecule has 0 spiro atoms. The third-order valence-corrected chi connectivity index (χ3v) is 4.99. The number of aromatic amines is 2. The van der Waals surface area contributed by atoms with Crippen LogP contribution in [0.2, 0.25) is 0 Å². The summed E-state index contributed by atoms with van der Waals surface area (Å²) in [6.07, 6.45) is 1.94. The zero-order valence-electron chi connectivity index (χ0n) is 14.4. The second-order valence-corrected chi connectivity index (χ2v) is 6.55. The number of rotatable bonds is 2. The van der Waals surface area contributed by atoms with Gasteiger partial charge in [0.05, 0.1) is 16.9 Å². The van der Waals surface area contributed by atoms with E-state index in [-0.39, 0.29) is 11.6 Å². The molecule has 0 radical (unpaired) electrons. The third kappa shape index (κ3) is 2.31. The van der Waals surface area contributed by atoms with Crippen molar-refractivity contribution in [3.63, 3.8) is 0 Å². The molecule has 2 aromatic carbocycles. The van der Waals surface area contributed by atoms with Crippen LogP contribution in [0.15, 0.2) is 52.2 Å². The molecule has 0 bridgehead atoms. The highest BCUT2D eigenvalue weighted by molar-refractivity contribution is 5.86. The average Bonchev–Trinajstić information content (AvgIpc) is 3.01. The van der Waals surface area contributed by atoms with Crippen molar-refractivity contribution >= 4 is 21.7 Å². The Bertz CT molecular complexity index is 1230. The summed E-state index contributed by atoms with van der Waals surface area (Å²) in [4.78, 5) is 30.6. The van der Waals surface area contributed by atoms with Gasteiger partial charge in [-0.05, 0) is 49.4 Å². The van der Waals surface area contributed by atoms with E-state index in [1.54, 1.807) is 4.57 Å². The van der Waals surface area contributed by atoms with Crippen LogP contribution < -0.4 is 11.2 Å². The van der Waals surface area contributed by atoms with E-state index in [1.807, 2.05) is 63.4 Å². The van der Waals surface area contributed by atoms with Gasteiger partial charge in [-0.1, -0.05) is 24.3 Å². The second kappa shape index (κ2) is 5.48. The van der Waals surface area contributed by atoms with Gasteiger partial charge in [-0.3, -0.25) is 14.3 Å². The molecule has 5 heteroatoms. The first-order valence-electron chi connectivity index (χ1n) is 8.29. The van der Waals surface area contributed by atoms with E-state index in [4.69, 9.17) is 0 Å². The van der Waals surface area contributed by atoms with Gasteiger partial charge < -0.3 is 4.98 Å². The Kier molecular flexibility index (Phi) is 3.39. The summed E-state index contributed by atoms with van der Waals surface area (Å²) < 4.78 is 1.65. The Morgan fingerprint density at radius 2 is 1.72 bits per heavy atom. The topological polar surface area (TPSA) is 70.7 Å². The number of H-pyrrole nitrogens is 2. The SMILES string of the molecule is Cc1cc2c(=O)[nH]c(=O)n(C(C)c3[nH]cc4ccccc34)c2cc1C. The van der Waals surface area contributed by atoms with Gasteiger partial charge in [0.15, 0.2) is 0 Å². The standard InChI is InChI=1S/C20H19N3O2/c1-11-8-16-17(9-12(11)2)23(20(25)22-19(16)24)13(3)18-15-7-5-4-6-14(15)10-21-18/h4-10,13,21H,1-3H3,(H,22,24,25). The highest BCUT2D eigenvalue weighted by atomic mass is 16.2. The minimum atomic E-state index is -0.396. The van der Waals surface area contributed by atoms with Gasteiger partial charge in [-0.2, -0.15) is 0 Å². The number of hydrogen-bond acceptors (Lipinski definition) is 2. The van der Waals surface area contributed by atoms with Gasteiger partial charge in [0.2, 0.25) is 0 Å². The van der Waals surface area contributed by atoms with Gasteiger partial charge in [-0.15, -0.1) is 0 Å². The molecule has 2 aromatic heterocycles. The summed E-state index contributed by atoms with van der Waals surface area (Å²) in [5.74, 6) is 0. The van der Waals surface area contributed by atoms with Gasteiger partial charge in [0.1, 0.15) is 0 Å². The van der Waals surface area contributed by atoms with E-state index < -0.39 is 5.69 Å². The van der Waals surface area contributed by atoms with Crippen molar-refractivity contribution in [2.45, 2.75) is 26.8 Å². The molecule has 0 saturated heterocycles. The fraction of sp³-hybridized carbons (Fsp3) is 0.200. The van der Waals surface area contributed by atoms with Crippen molar-refractivity contribution in [1.29, 1.82) is 0 Å². The Morgan fingerprint density at radius 1 is 1.00 bits per heavy atom. The Balaban J connectivity index is 2.05. The van der Waals surface area contributed by atoms with Gasteiger partial charge in [-0.25, -0.2) is 4.79 Å². The van der Waals surface area contributed by atoms with E-state index >= 15 is 0 Å². The summed E-state index contributed by atoms with van der Waals surface area (Å²) in [6, 6.07) is 11.6. The van der Waals surface area contributed by atoms with Crippen LogP contribution in [0.1, 0.15) is 29.8 Å². The maximum Gasteiger partial charge on any atom is 0.329 e. The lowest BCUT2D eigenvalue weighted by molar-refractivity contribution is 0.610. The van der Waals surface area contributed by atoms with Gasteiger partial charge in [0, 0.05) is 17.3 Å². The minimum absolute atomic E-state index is 0.242. The highest BCUT2D eigenvalue weighted by Gasteiger charge is 2.18. The Labute approximate surface area is 143 Å². The fourth-order valence-corrected chi connectivity index (χ4v) is 3.48. The summed E-state index contributed by atoms with van der Waals surface area (Å²) in [7, 11) is 0. The number of nitrogens with one attached hydrogen (secondary N) is 2. The van der Waals surface area contributed by atoms with Crippen LogP contribution in [-0.4, -0.2) is 14.5 Å². The van der Waals surface area contributed by atoms with Crippen molar-refractivity contribution < 1.29 is 0 Å². The van der Waals surface area contributed by atoms with Crippen LogP contribution in [0.5, 0.6) is 0 Å². The predicted molar refractivity (Wildman–Crippen MR) is 100 cm³/mol. The molecule has 25 heavy (non-hydrogen) atoms. The first kappa shape index (κ1) is 15.4. The molecule has 2 heterocycles. The lowest BCUT2D eigenvalue weighted by atomic mass is 10.1. The van der Waals surface area contributed by atoms with Crippen molar-refractivity contribution in [2.75, 3.05) is 0 Å². The number of aromatic nitrogens is 3. The number of nitrogens with zero attached hydrogens (tertiary/aromatic N) is 1. The molecule has 0 saturated carbocycles. The normalized spacial score (nSPS) is 12.8. The van der Waals surface area contributed by atoms with Crippen molar-refractivity contribution in [1.82, 2.24) is 14.5 Å². The molecule has 4 rings (SSSR count). The maximum atomic E-state index is 12.6.